The number of nitrogens with zero attached hydrogens (tertiary/aromatic N) is 2. The smallest absolute Gasteiger partial charge is 0.0914 e. The van der Waals surface area contributed by atoms with Crippen molar-refractivity contribution in [3.63, 3.8) is 0 Å². The van der Waals surface area contributed by atoms with Gasteiger partial charge in [0.1, 0.15) is 0 Å². The van der Waals surface area contributed by atoms with Crippen LogP contribution >= 0.6 is 0 Å². The average molecular weight is 305 g/mol. The minimum Gasteiger partial charge on any atom is -1.00 e. The largest absolute Gasteiger partial charge is 1.00 e. The van der Waals surface area contributed by atoms with Gasteiger partial charge in [-0.05, 0) is 25.8 Å². The van der Waals surface area contributed by atoms with E-state index >= 15 is 0 Å². The minimum atomic E-state index is 0. The van der Waals surface area contributed by atoms with Crippen molar-refractivity contribution in [2.24, 2.45) is 0 Å². The third-order valence-electron chi connectivity index (χ3n) is 4.79. The summed E-state index contributed by atoms with van der Waals surface area (Å²) in [6.45, 7) is 12.7. The predicted octanol–water partition coefficient (Wildman–Crippen LogP) is 0.913. The Bertz CT molecular complexity index is 213. The summed E-state index contributed by atoms with van der Waals surface area (Å²) in [5, 5.41) is 0. The first-order valence-corrected chi connectivity index (χ1v) is 8.76. The molecule has 0 atom stereocenters. The summed E-state index contributed by atoms with van der Waals surface area (Å²) in [4.78, 5) is 2.67. The Labute approximate surface area is 133 Å². The van der Waals surface area contributed by atoms with E-state index in [0.29, 0.717) is 0 Å². The lowest BCUT2D eigenvalue weighted by atomic mass is 10.1. The summed E-state index contributed by atoms with van der Waals surface area (Å²) in [7, 11) is 2.48. The van der Waals surface area contributed by atoms with Gasteiger partial charge < -0.3 is 16.9 Å². The molecule has 1 aliphatic heterocycles. The van der Waals surface area contributed by atoms with Gasteiger partial charge in [-0.15, -0.1) is 0 Å². The maximum atomic E-state index is 2.67. The topological polar surface area (TPSA) is 3.24 Å². The molecule has 1 rings (SSSR count). The van der Waals surface area contributed by atoms with Gasteiger partial charge >= 0.3 is 0 Å². The molecule has 0 spiro atoms. The lowest BCUT2D eigenvalue weighted by Gasteiger charge is -2.42. The molecule has 1 aliphatic rings. The van der Waals surface area contributed by atoms with E-state index in [0.717, 1.165) is 0 Å². The van der Waals surface area contributed by atoms with Crippen LogP contribution in [0.1, 0.15) is 65.2 Å². The Morgan fingerprint density at radius 2 is 1.35 bits per heavy atom. The SMILES string of the molecule is CCCCCCCC[N+]1(C)CCN(CCCC)CC1.[Cl-]. The fourth-order valence-electron chi connectivity index (χ4n) is 3.09. The van der Waals surface area contributed by atoms with E-state index in [1.807, 2.05) is 0 Å². The first-order valence-electron chi connectivity index (χ1n) is 8.76. The number of likely N-dealkylation sites (N-methyl/N-ethyl adjacent to an activating group) is 1. The maximum Gasteiger partial charge on any atom is 0.0914 e. The molecule has 3 heteroatoms. The molecule has 1 saturated heterocycles. The molecular weight excluding hydrogens is 268 g/mol. The summed E-state index contributed by atoms with van der Waals surface area (Å²) in [5.41, 5.74) is 0. The number of unbranched alkanes of at least 4 members (excludes halogenated alkanes) is 6. The van der Waals surface area contributed by atoms with Crippen molar-refractivity contribution >= 4 is 0 Å². The molecular formula is C17H37ClN2. The molecule has 1 heterocycles. The first kappa shape index (κ1) is 20.2. The van der Waals surface area contributed by atoms with E-state index in [1.165, 1.54) is 95.1 Å². The third-order valence-corrected chi connectivity index (χ3v) is 4.79. The number of rotatable bonds is 10. The van der Waals surface area contributed by atoms with Crippen molar-refractivity contribution in [1.29, 1.82) is 0 Å². The van der Waals surface area contributed by atoms with Crippen LogP contribution in [0.15, 0.2) is 0 Å². The number of quaternary nitrogens is 1. The highest BCUT2D eigenvalue weighted by Crippen LogP contribution is 2.14. The van der Waals surface area contributed by atoms with Crippen molar-refractivity contribution in [1.82, 2.24) is 4.90 Å². The number of halogens is 1. The highest BCUT2D eigenvalue weighted by Gasteiger charge is 2.27. The number of hydrogen-bond acceptors (Lipinski definition) is 1. The second-order valence-electron chi connectivity index (χ2n) is 6.75. The molecule has 0 aromatic carbocycles. The van der Waals surface area contributed by atoms with Crippen molar-refractivity contribution in [3.8, 4) is 0 Å². The zero-order valence-electron chi connectivity index (χ0n) is 14.2. The molecule has 0 aromatic rings. The summed E-state index contributed by atoms with van der Waals surface area (Å²) in [6.07, 6.45) is 11.3. The van der Waals surface area contributed by atoms with E-state index < -0.39 is 0 Å². The monoisotopic (exact) mass is 304 g/mol. The quantitative estimate of drug-likeness (QED) is 0.428. The lowest BCUT2D eigenvalue weighted by Crippen LogP contribution is -3.00. The number of piperazine rings is 1. The zero-order valence-corrected chi connectivity index (χ0v) is 14.9. The van der Waals surface area contributed by atoms with Crippen LogP contribution in [0.5, 0.6) is 0 Å². The van der Waals surface area contributed by atoms with E-state index in [-0.39, 0.29) is 12.4 Å². The van der Waals surface area contributed by atoms with Gasteiger partial charge in [0.15, 0.2) is 0 Å². The van der Waals surface area contributed by atoms with Crippen LogP contribution in [-0.2, 0) is 0 Å². The molecule has 0 saturated carbocycles. The maximum absolute atomic E-state index is 2.67. The molecule has 0 aliphatic carbocycles. The molecule has 0 radical (unpaired) electrons. The molecule has 0 amide bonds. The summed E-state index contributed by atoms with van der Waals surface area (Å²) < 4.78 is 1.33. The molecule has 0 unspecified atom stereocenters. The second-order valence-corrected chi connectivity index (χ2v) is 6.75. The van der Waals surface area contributed by atoms with Crippen molar-refractivity contribution in [2.45, 2.75) is 65.2 Å². The molecule has 1 fully saturated rings. The van der Waals surface area contributed by atoms with Gasteiger partial charge in [0, 0.05) is 13.1 Å². The van der Waals surface area contributed by atoms with Crippen LogP contribution < -0.4 is 12.4 Å². The molecule has 0 N–H and O–H groups in total. The van der Waals surface area contributed by atoms with Crippen LogP contribution in [0.4, 0.5) is 0 Å². The fourth-order valence-corrected chi connectivity index (χ4v) is 3.09. The van der Waals surface area contributed by atoms with E-state index in [2.05, 4.69) is 25.8 Å². The Morgan fingerprint density at radius 1 is 0.800 bits per heavy atom. The van der Waals surface area contributed by atoms with Crippen LogP contribution in [0.25, 0.3) is 0 Å². The van der Waals surface area contributed by atoms with E-state index in [4.69, 9.17) is 0 Å². The van der Waals surface area contributed by atoms with Gasteiger partial charge in [0.25, 0.3) is 0 Å². The normalized spacial score (nSPS) is 18.8. The van der Waals surface area contributed by atoms with Crippen LogP contribution in [0.2, 0.25) is 0 Å². The van der Waals surface area contributed by atoms with Crippen LogP contribution in [0.3, 0.4) is 0 Å². The predicted molar refractivity (Wildman–Crippen MR) is 85.5 cm³/mol. The minimum absolute atomic E-state index is 0. The van der Waals surface area contributed by atoms with E-state index in [1.54, 1.807) is 0 Å². The van der Waals surface area contributed by atoms with Crippen LogP contribution in [-0.4, -0.2) is 55.7 Å². The van der Waals surface area contributed by atoms with Crippen molar-refractivity contribution < 1.29 is 16.9 Å². The second kappa shape index (κ2) is 11.8. The molecule has 0 bridgehead atoms. The summed E-state index contributed by atoms with van der Waals surface area (Å²) in [6, 6.07) is 0. The summed E-state index contributed by atoms with van der Waals surface area (Å²) >= 11 is 0. The van der Waals surface area contributed by atoms with Crippen molar-refractivity contribution in [2.75, 3.05) is 46.3 Å². The van der Waals surface area contributed by atoms with Gasteiger partial charge in [-0.3, -0.25) is 4.90 Å². The Hall–Kier alpha value is 0.210. The summed E-state index contributed by atoms with van der Waals surface area (Å²) in [5.74, 6) is 0. The van der Waals surface area contributed by atoms with Gasteiger partial charge in [-0.2, -0.15) is 0 Å². The molecule has 122 valence electrons. The zero-order chi connectivity index (χ0) is 14.0. The van der Waals surface area contributed by atoms with Gasteiger partial charge in [-0.1, -0.05) is 46.0 Å². The number of hydrogen-bond donors (Lipinski definition) is 0. The molecule has 2 nitrogen and oxygen atoms in total. The lowest BCUT2D eigenvalue weighted by molar-refractivity contribution is -0.913. The highest BCUT2D eigenvalue weighted by molar-refractivity contribution is 4.63. The van der Waals surface area contributed by atoms with Gasteiger partial charge in [0.2, 0.25) is 0 Å². The fraction of sp³-hybridized carbons (Fsp3) is 1.00. The van der Waals surface area contributed by atoms with Crippen LogP contribution in [0, 0.1) is 0 Å². The van der Waals surface area contributed by atoms with Gasteiger partial charge in [0.05, 0.1) is 26.7 Å². The Morgan fingerprint density at radius 3 is 1.95 bits per heavy atom. The third kappa shape index (κ3) is 8.49. The molecule has 20 heavy (non-hydrogen) atoms. The molecule has 0 aromatic heterocycles. The standard InChI is InChI=1S/C17H37N2.ClH/c1-4-6-8-9-10-11-15-19(3)16-13-18(14-17-19)12-7-5-2;/h4-17H2,1-3H3;1H/q+1;/p-1. The Kier molecular flexibility index (Phi) is 11.9. The average Bonchev–Trinajstić information content (AvgIpc) is 2.42. The van der Waals surface area contributed by atoms with Gasteiger partial charge in [-0.25, -0.2) is 0 Å². The highest BCUT2D eigenvalue weighted by atomic mass is 35.5. The van der Waals surface area contributed by atoms with Crippen molar-refractivity contribution in [3.05, 3.63) is 0 Å². The van der Waals surface area contributed by atoms with E-state index in [9.17, 15) is 0 Å². The Balaban J connectivity index is 0.00000361. The first-order chi connectivity index (χ1) is 9.20.